The molecule has 5 rings (SSSR count). The molecule has 0 atom stereocenters. The summed E-state index contributed by atoms with van der Waals surface area (Å²) >= 11 is 0. The molecular weight excluding hydrogens is 358 g/mol. The lowest BCUT2D eigenvalue weighted by atomic mass is 10.2. The Hall–Kier alpha value is -3.66. The van der Waals surface area contributed by atoms with Crippen molar-refractivity contribution in [3.05, 3.63) is 90.6 Å². The number of aryl methyl sites for hydroxylation is 2. The van der Waals surface area contributed by atoms with Crippen molar-refractivity contribution in [1.29, 1.82) is 0 Å². The van der Waals surface area contributed by atoms with Crippen LogP contribution in [0.3, 0.4) is 0 Å². The van der Waals surface area contributed by atoms with Gasteiger partial charge in [0.25, 0.3) is 17.3 Å². The first kappa shape index (κ1) is 17.4. The zero-order valence-corrected chi connectivity index (χ0v) is 16.8. The predicted molar refractivity (Wildman–Crippen MR) is 114 cm³/mol. The number of pyridine rings is 2. The zero-order valence-electron chi connectivity index (χ0n) is 16.8. The Morgan fingerprint density at radius 3 is 2.38 bits per heavy atom. The van der Waals surface area contributed by atoms with E-state index in [0.29, 0.717) is 0 Å². The van der Waals surface area contributed by atoms with E-state index in [1.807, 2.05) is 37.4 Å². The monoisotopic (exact) mass is 381 g/mol. The first-order chi connectivity index (χ1) is 14.1. The molecule has 4 heteroatoms. The fraction of sp³-hybridized carbons (Fsp3) is 0.120. The van der Waals surface area contributed by atoms with Gasteiger partial charge in [0.05, 0.1) is 25.7 Å². The molecule has 0 amide bonds. The highest BCUT2D eigenvalue weighted by molar-refractivity contribution is 6.06. The van der Waals surface area contributed by atoms with E-state index in [4.69, 9.17) is 4.74 Å². The summed E-state index contributed by atoms with van der Waals surface area (Å²) < 4.78 is 12.9. The average molecular weight is 381 g/mol. The van der Waals surface area contributed by atoms with Gasteiger partial charge in [-0.15, -0.1) is 0 Å². The molecule has 0 aliphatic heterocycles. The smallest absolute Gasteiger partial charge is 0.297 e. The van der Waals surface area contributed by atoms with Crippen molar-refractivity contribution in [2.45, 2.75) is 6.92 Å². The second-order valence-electron chi connectivity index (χ2n) is 7.36. The van der Waals surface area contributed by atoms with Crippen molar-refractivity contribution >= 4 is 21.9 Å². The van der Waals surface area contributed by atoms with Gasteiger partial charge in [-0.1, -0.05) is 30.3 Å². The van der Waals surface area contributed by atoms with Crippen molar-refractivity contribution in [3.63, 3.8) is 0 Å². The molecule has 3 heterocycles. The third kappa shape index (κ3) is 2.76. The maximum Gasteiger partial charge on any atom is 0.297 e. The van der Waals surface area contributed by atoms with Crippen LogP contribution in [-0.2, 0) is 14.1 Å². The van der Waals surface area contributed by atoms with Gasteiger partial charge in [-0.05, 0) is 48.9 Å². The van der Waals surface area contributed by atoms with Gasteiger partial charge < -0.3 is 4.74 Å². The molecular formula is C25H23N3O+2. The van der Waals surface area contributed by atoms with E-state index < -0.39 is 0 Å². The first-order valence-electron chi connectivity index (χ1n) is 9.76. The van der Waals surface area contributed by atoms with Crippen LogP contribution in [0.5, 0.6) is 11.6 Å². The number of nitrogens with zero attached hydrogens (tertiary/aromatic N) is 3. The summed E-state index contributed by atoms with van der Waals surface area (Å²) in [5.74, 6) is 2.71. The maximum atomic E-state index is 6.28. The van der Waals surface area contributed by atoms with Gasteiger partial charge in [0.15, 0.2) is 0 Å². The van der Waals surface area contributed by atoms with Crippen LogP contribution in [0.2, 0.25) is 0 Å². The number of ether oxygens (including phenoxy) is 1. The third-order valence-corrected chi connectivity index (χ3v) is 5.49. The average Bonchev–Trinajstić information content (AvgIpc) is 3.07. The van der Waals surface area contributed by atoms with E-state index in [0.717, 1.165) is 28.7 Å². The van der Waals surface area contributed by atoms with Crippen molar-refractivity contribution < 1.29 is 13.9 Å². The highest BCUT2D eigenvalue weighted by Crippen LogP contribution is 2.29. The van der Waals surface area contributed by atoms with Crippen molar-refractivity contribution in [2.24, 2.45) is 14.1 Å². The lowest BCUT2D eigenvalue weighted by Crippen LogP contribution is -2.38. The number of hydrogen-bond acceptors (Lipinski definition) is 1. The van der Waals surface area contributed by atoms with Crippen LogP contribution in [0.25, 0.3) is 27.8 Å². The summed E-state index contributed by atoms with van der Waals surface area (Å²) in [5, 5.41) is 2.47. The van der Waals surface area contributed by atoms with Crippen LogP contribution in [-0.4, -0.2) is 4.57 Å². The molecule has 0 fully saturated rings. The standard InChI is InChI=1S/C25H23N3O/c1-18-10-4-7-14-22(18)29-24-16-8-15-23(27(24)3)28-21-13-6-5-11-19(21)20-12-9-17-26(2)25(20)28/h4-17H,1-3H3/q+2. The molecule has 0 aliphatic rings. The number of benzene rings is 2. The molecule has 0 saturated heterocycles. The van der Waals surface area contributed by atoms with Crippen LogP contribution in [0, 0.1) is 6.92 Å². The summed E-state index contributed by atoms with van der Waals surface area (Å²) in [4.78, 5) is 0. The van der Waals surface area contributed by atoms with E-state index in [2.05, 4.69) is 82.4 Å². The fourth-order valence-electron chi connectivity index (χ4n) is 4.00. The zero-order chi connectivity index (χ0) is 20.0. The van der Waals surface area contributed by atoms with Gasteiger partial charge in [-0.2, -0.15) is 9.13 Å². The molecule has 142 valence electrons. The minimum Gasteiger partial charge on any atom is -0.423 e. The van der Waals surface area contributed by atoms with Gasteiger partial charge in [0.1, 0.15) is 11.3 Å². The molecule has 0 radical (unpaired) electrons. The Morgan fingerprint density at radius 1 is 0.759 bits per heavy atom. The van der Waals surface area contributed by atoms with Gasteiger partial charge in [-0.3, -0.25) is 0 Å². The predicted octanol–water partition coefficient (Wildman–Crippen LogP) is 4.53. The summed E-state index contributed by atoms with van der Waals surface area (Å²) in [5.41, 5.74) is 3.44. The minimum atomic E-state index is 0.793. The highest BCUT2D eigenvalue weighted by Gasteiger charge is 2.25. The lowest BCUT2D eigenvalue weighted by molar-refractivity contribution is -0.672. The number of rotatable bonds is 3. The second-order valence-corrected chi connectivity index (χ2v) is 7.36. The molecule has 4 nitrogen and oxygen atoms in total. The van der Waals surface area contributed by atoms with Gasteiger partial charge in [-0.25, -0.2) is 4.57 Å². The van der Waals surface area contributed by atoms with E-state index in [-0.39, 0.29) is 0 Å². The maximum absolute atomic E-state index is 6.28. The molecule has 0 aliphatic carbocycles. The van der Waals surface area contributed by atoms with E-state index in [9.17, 15) is 0 Å². The molecule has 29 heavy (non-hydrogen) atoms. The fourth-order valence-corrected chi connectivity index (χ4v) is 4.00. The van der Waals surface area contributed by atoms with Crippen LogP contribution in [0.1, 0.15) is 5.56 Å². The first-order valence-corrected chi connectivity index (χ1v) is 9.76. The summed E-state index contributed by atoms with van der Waals surface area (Å²) in [6.07, 6.45) is 2.09. The number of hydrogen-bond donors (Lipinski definition) is 0. The quantitative estimate of drug-likeness (QED) is 0.421. The van der Waals surface area contributed by atoms with E-state index >= 15 is 0 Å². The Kier molecular flexibility index (Phi) is 4.06. The normalized spacial score (nSPS) is 11.3. The summed E-state index contributed by atoms with van der Waals surface area (Å²) in [6.45, 7) is 2.06. The van der Waals surface area contributed by atoms with Gasteiger partial charge >= 0.3 is 0 Å². The molecule has 3 aromatic heterocycles. The van der Waals surface area contributed by atoms with Crippen LogP contribution < -0.4 is 13.9 Å². The molecule has 2 aromatic carbocycles. The van der Waals surface area contributed by atoms with E-state index in [1.165, 1.54) is 16.3 Å². The SMILES string of the molecule is Cc1ccccc1Oc1cccc(-n2c3ccccc3c3ccc[n+](C)c32)[n+]1C. The Labute approximate surface area is 169 Å². The van der Waals surface area contributed by atoms with Crippen molar-refractivity contribution in [1.82, 2.24) is 4.57 Å². The second kappa shape index (κ2) is 6.74. The molecule has 0 N–H and O–H groups in total. The summed E-state index contributed by atoms with van der Waals surface area (Å²) in [6, 6.07) is 27.1. The Balaban J connectivity index is 1.77. The molecule has 0 saturated carbocycles. The molecule has 0 bridgehead atoms. The Bertz CT molecular complexity index is 1370. The van der Waals surface area contributed by atoms with E-state index in [1.54, 1.807) is 0 Å². The van der Waals surface area contributed by atoms with Crippen LogP contribution in [0.4, 0.5) is 0 Å². The molecule has 5 aromatic rings. The van der Waals surface area contributed by atoms with Gasteiger partial charge in [0.2, 0.25) is 0 Å². The molecule has 0 spiro atoms. The van der Waals surface area contributed by atoms with Gasteiger partial charge in [0, 0.05) is 17.5 Å². The van der Waals surface area contributed by atoms with Crippen LogP contribution in [0.15, 0.2) is 85.1 Å². The lowest BCUT2D eigenvalue weighted by Gasteiger charge is -2.11. The topological polar surface area (TPSA) is 21.9 Å². The van der Waals surface area contributed by atoms with Crippen molar-refractivity contribution in [3.8, 4) is 17.4 Å². The number of fused-ring (bicyclic) bond motifs is 3. The summed E-state index contributed by atoms with van der Waals surface area (Å²) in [7, 11) is 4.14. The largest absolute Gasteiger partial charge is 0.423 e. The number of aromatic nitrogens is 3. The Morgan fingerprint density at radius 2 is 1.52 bits per heavy atom. The molecule has 0 unspecified atom stereocenters. The van der Waals surface area contributed by atoms with Crippen molar-refractivity contribution in [2.75, 3.05) is 0 Å². The minimum absolute atomic E-state index is 0.793. The van der Waals surface area contributed by atoms with Crippen LogP contribution >= 0.6 is 0 Å². The highest BCUT2D eigenvalue weighted by atomic mass is 16.5. The number of para-hydroxylation sites is 2. The third-order valence-electron chi connectivity index (χ3n) is 5.49.